The van der Waals surface area contributed by atoms with Gasteiger partial charge in [-0.3, -0.25) is 9.55 Å². The minimum absolute atomic E-state index is 0.0321. The van der Waals surface area contributed by atoms with Gasteiger partial charge in [0.15, 0.2) is 0 Å². The molecule has 0 atom stereocenters. The lowest BCUT2D eigenvalue weighted by molar-refractivity contribution is 0.466. The number of nitrogens with zero attached hydrogens (tertiary/aromatic N) is 3. The summed E-state index contributed by atoms with van der Waals surface area (Å²) in [5.41, 5.74) is 12.8. The number of imidazole rings is 1. The summed E-state index contributed by atoms with van der Waals surface area (Å²) < 4.78 is 70.6. The zero-order chi connectivity index (χ0) is 52.6. The molecule has 2 aromatic heterocycles. The molecule has 8 rings (SSSR count). The standard InChI is InChI=1S/C60H65N3O/c1-35(2)44-26-45(36(3)4)28-47(27-44)42-21-22-55(40(10)25-42)63-56-16-14-15-51(57(56)62-59(63)53-33-46(37(5)6)32-52(38(7)8)58(53)64)48-29-49(31-50(30-48)60(11,12)13)54-34-43(23-24-61-54)41-19-17-39(9)18-20-41/h14-38,64H,1-13H3/i9D3,10D3,35D,36D. The van der Waals surface area contributed by atoms with Crippen molar-refractivity contribution >= 4 is 11.0 Å². The molecule has 0 aliphatic rings. The van der Waals surface area contributed by atoms with Gasteiger partial charge in [0.05, 0.1) is 28.0 Å². The fraction of sp³-hybridized carbons (Fsp3) is 0.300. The first-order chi connectivity index (χ1) is 33.4. The maximum Gasteiger partial charge on any atom is 0.149 e. The molecule has 4 heteroatoms. The Labute approximate surface area is 393 Å². The van der Waals surface area contributed by atoms with E-state index in [1.54, 1.807) is 52.1 Å². The molecule has 0 aliphatic heterocycles. The number of pyridine rings is 1. The quantitative estimate of drug-likeness (QED) is 0.149. The van der Waals surface area contributed by atoms with Crippen LogP contribution in [0.3, 0.4) is 0 Å². The highest BCUT2D eigenvalue weighted by Crippen LogP contribution is 2.44. The lowest BCUT2D eigenvalue weighted by Crippen LogP contribution is -2.11. The molecule has 326 valence electrons. The average Bonchev–Trinajstić information content (AvgIpc) is 3.69. The molecule has 8 aromatic rings. The van der Waals surface area contributed by atoms with Crippen molar-refractivity contribution in [2.45, 2.75) is 119 Å². The highest BCUT2D eigenvalue weighted by atomic mass is 16.3. The smallest absolute Gasteiger partial charge is 0.149 e. The van der Waals surface area contributed by atoms with Crippen molar-refractivity contribution < 1.29 is 16.1 Å². The molecule has 1 N–H and O–H groups in total. The molecule has 4 nitrogen and oxygen atoms in total. The predicted molar refractivity (Wildman–Crippen MR) is 272 cm³/mol. The van der Waals surface area contributed by atoms with Crippen molar-refractivity contribution in [1.82, 2.24) is 14.5 Å². The molecule has 0 unspecified atom stereocenters. The second-order valence-electron chi connectivity index (χ2n) is 19.3. The number of hydrogen-bond acceptors (Lipinski definition) is 3. The number of aryl methyl sites for hydroxylation is 2. The maximum absolute atomic E-state index is 12.3. The van der Waals surface area contributed by atoms with Crippen LogP contribution in [0.2, 0.25) is 0 Å². The van der Waals surface area contributed by atoms with E-state index in [9.17, 15) is 5.11 Å². The maximum atomic E-state index is 12.3. The van der Waals surface area contributed by atoms with Crippen molar-refractivity contribution in [3.8, 4) is 67.5 Å². The van der Waals surface area contributed by atoms with Gasteiger partial charge in [0.2, 0.25) is 0 Å². The molecule has 2 heterocycles. The van der Waals surface area contributed by atoms with Gasteiger partial charge in [0, 0.05) is 28.3 Å². The molecule has 64 heavy (non-hydrogen) atoms. The van der Waals surface area contributed by atoms with Gasteiger partial charge in [0.1, 0.15) is 11.6 Å². The van der Waals surface area contributed by atoms with Crippen molar-refractivity contribution in [3.05, 3.63) is 166 Å². The molecule has 0 saturated carbocycles. The van der Waals surface area contributed by atoms with E-state index >= 15 is 0 Å². The third-order valence-electron chi connectivity index (χ3n) is 12.4. The minimum Gasteiger partial charge on any atom is -0.507 e. The Morgan fingerprint density at radius 2 is 1.28 bits per heavy atom. The zero-order valence-electron chi connectivity index (χ0n) is 47.1. The Morgan fingerprint density at radius 1 is 0.594 bits per heavy atom. The summed E-state index contributed by atoms with van der Waals surface area (Å²) in [7, 11) is 0. The number of fused-ring (bicyclic) bond motifs is 1. The Kier molecular flexibility index (Phi) is 9.54. The van der Waals surface area contributed by atoms with Crippen LogP contribution in [-0.4, -0.2) is 19.6 Å². The van der Waals surface area contributed by atoms with Crippen molar-refractivity contribution in [3.63, 3.8) is 0 Å². The summed E-state index contributed by atoms with van der Waals surface area (Å²) in [5.74, 6) is -1.41. The SMILES string of the molecule is [2H]C([2H])([2H])c1ccc(-c2ccnc(-c3cc(-c4cccc5c4nc(-c4cc(C(C)C)cc(C(C)C)c4O)n5-c4ccc(-c5cc(C([2H])(C)C)cc(C([2H])(C)C)c5)cc4C([2H])([2H])[2H])cc(C(C)(C)C)c3)c2)cc1. The fourth-order valence-corrected chi connectivity index (χ4v) is 8.46. The molecule has 6 aromatic carbocycles. The summed E-state index contributed by atoms with van der Waals surface area (Å²) in [5, 5.41) is 12.3. The topological polar surface area (TPSA) is 50.9 Å². The summed E-state index contributed by atoms with van der Waals surface area (Å²) in [6, 6.07) is 38.4. The monoisotopic (exact) mass is 852 g/mol. The second-order valence-corrected chi connectivity index (χ2v) is 19.3. The van der Waals surface area contributed by atoms with E-state index in [4.69, 9.17) is 20.9 Å². The van der Waals surface area contributed by atoms with Crippen LogP contribution in [0.15, 0.2) is 128 Å². The average molecular weight is 852 g/mol. The van der Waals surface area contributed by atoms with Gasteiger partial charge >= 0.3 is 0 Å². The van der Waals surface area contributed by atoms with Crippen LogP contribution in [-0.2, 0) is 5.41 Å². The third kappa shape index (κ3) is 8.68. The number of benzene rings is 6. The van der Waals surface area contributed by atoms with Gasteiger partial charge in [-0.05, 0) is 152 Å². The minimum atomic E-state index is -2.61. The summed E-state index contributed by atoms with van der Waals surface area (Å²) in [4.78, 5) is 10.3. The Bertz CT molecular complexity index is 3310. The van der Waals surface area contributed by atoms with E-state index in [1.165, 1.54) is 0 Å². The molecular formula is C60H65N3O. The van der Waals surface area contributed by atoms with Crippen molar-refractivity contribution in [2.75, 3.05) is 0 Å². The molecule has 0 aliphatic carbocycles. The number of hydrogen-bond donors (Lipinski definition) is 1. The Morgan fingerprint density at radius 3 is 1.92 bits per heavy atom. The van der Waals surface area contributed by atoms with Gasteiger partial charge in [-0.25, -0.2) is 4.98 Å². The zero-order valence-corrected chi connectivity index (χ0v) is 39.1. The fourth-order valence-electron chi connectivity index (χ4n) is 8.46. The lowest BCUT2D eigenvalue weighted by Gasteiger charge is -2.22. The first-order valence-corrected chi connectivity index (χ1v) is 22.3. The number of phenolic OH excluding ortho intramolecular Hbond substituents is 1. The predicted octanol–water partition coefficient (Wildman–Crippen LogP) is 16.9. The molecule has 0 fully saturated rings. The van der Waals surface area contributed by atoms with Crippen LogP contribution in [0, 0.1) is 13.7 Å². The van der Waals surface area contributed by atoms with E-state index in [0.29, 0.717) is 39.2 Å². The van der Waals surface area contributed by atoms with Gasteiger partial charge in [-0.2, -0.15) is 0 Å². The van der Waals surface area contributed by atoms with Crippen LogP contribution < -0.4 is 0 Å². The molecule has 0 spiro atoms. The van der Waals surface area contributed by atoms with Crippen molar-refractivity contribution in [1.29, 1.82) is 0 Å². The van der Waals surface area contributed by atoms with Gasteiger partial charge in [-0.1, -0.05) is 155 Å². The molecule has 0 amide bonds. The van der Waals surface area contributed by atoms with Crippen LogP contribution in [0.5, 0.6) is 5.75 Å². The largest absolute Gasteiger partial charge is 0.507 e. The molecular weight excluding hydrogens is 779 g/mol. The van der Waals surface area contributed by atoms with E-state index in [1.807, 2.05) is 103 Å². The van der Waals surface area contributed by atoms with E-state index in [2.05, 4.69) is 52.8 Å². The van der Waals surface area contributed by atoms with Gasteiger partial charge in [-0.15, -0.1) is 0 Å². The number of phenols is 1. The lowest BCUT2D eigenvalue weighted by atomic mass is 9.83. The van der Waals surface area contributed by atoms with Crippen molar-refractivity contribution in [2.24, 2.45) is 0 Å². The van der Waals surface area contributed by atoms with Crippen LogP contribution in [0.4, 0.5) is 0 Å². The second kappa shape index (κ2) is 17.4. The highest BCUT2D eigenvalue weighted by Gasteiger charge is 2.25. The van der Waals surface area contributed by atoms with E-state index < -0.39 is 25.5 Å². The third-order valence-corrected chi connectivity index (χ3v) is 12.4. The molecule has 0 bridgehead atoms. The Hall–Kier alpha value is -6.26. The van der Waals surface area contributed by atoms with Crippen LogP contribution >= 0.6 is 0 Å². The molecule has 0 saturated heterocycles. The normalized spacial score (nSPS) is 14.7. The Balaban J connectivity index is 1.41. The number of aromatic nitrogens is 3. The van der Waals surface area contributed by atoms with Crippen LogP contribution in [0.25, 0.3) is 72.7 Å². The summed E-state index contributed by atoms with van der Waals surface area (Å²) >= 11 is 0. The number of aromatic hydroxyl groups is 1. The van der Waals surface area contributed by atoms with E-state index in [-0.39, 0.29) is 34.1 Å². The van der Waals surface area contributed by atoms with Gasteiger partial charge < -0.3 is 5.11 Å². The first kappa shape index (κ1) is 35.1. The summed E-state index contributed by atoms with van der Waals surface area (Å²) in [6.07, 6.45) is 1.76. The number of para-hydroxylation sites is 1. The highest BCUT2D eigenvalue weighted by molar-refractivity contribution is 5.97. The first-order valence-electron chi connectivity index (χ1n) is 26.3. The molecule has 0 radical (unpaired) electrons. The van der Waals surface area contributed by atoms with Crippen LogP contribution in [0.1, 0.15) is 150 Å². The summed E-state index contributed by atoms with van der Waals surface area (Å²) in [6.45, 7) is 17.2. The number of rotatable bonds is 10. The van der Waals surface area contributed by atoms with Gasteiger partial charge in [0.25, 0.3) is 0 Å². The van der Waals surface area contributed by atoms with E-state index in [0.717, 1.165) is 61.3 Å².